The molecule has 0 bridgehead atoms. The summed E-state index contributed by atoms with van der Waals surface area (Å²) >= 11 is 0. The third kappa shape index (κ3) is 4.86. The lowest BCUT2D eigenvalue weighted by atomic mass is 9.90. The predicted octanol–water partition coefficient (Wildman–Crippen LogP) is 2.44. The highest BCUT2D eigenvalue weighted by molar-refractivity contribution is 5.85. The van der Waals surface area contributed by atoms with Crippen LogP contribution in [-0.4, -0.2) is 39.7 Å². The predicted molar refractivity (Wildman–Crippen MR) is 93.8 cm³/mol. The monoisotopic (exact) mass is 350 g/mol. The zero-order valence-electron chi connectivity index (χ0n) is 13.6. The molecule has 1 amide bonds. The molecule has 1 fully saturated rings. The molecule has 0 aliphatic carbocycles. The van der Waals surface area contributed by atoms with E-state index in [1.165, 1.54) is 5.56 Å². The largest absolute Gasteiger partial charge is 0.342 e. The average Bonchev–Trinajstić information content (AvgIpc) is 2.94. The molecule has 1 aromatic heterocycles. The fraction of sp³-hybridized carbons (Fsp3) is 0.733. The van der Waals surface area contributed by atoms with E-state index >= 15 is 0 Å². The topological polar surface area (TPSA) is 64.2 Å². The van der Waals surface area contributed by atoms with Gasteiger partial charge in [0.1, 0.15) is 0 Å². The van der Waals surface area contributed by atoms with Crippen molar-refractivity contribution in [2.45, 2.75) is 52.1 Å². The number of likely N-dealkylation sites (tertiary alicyclic amines) is 1. The van der Waals surface area contributed by atoms with Gasteiger partial charge < -0.3 is 10.6 Å². The van der Waals surface area contributed by atoms with Crippen LogP contribution in [-0.2, 0) is 11.3 Å². The molecule has 0 spiro atoms. The molecule has 1 aromatic rings. The Morgan fingerprint density at radius 2 is 1.95 bits per heavy atom. The van der Waals surface area contributed by atoms with Gasteiger partial charge in [0.2, 0.25) is 5.91 Å². The van der Waals surface area contributed by atoms with E-state index in [1.807, 2.05) is 29.6 Å². The maximum Gasteiger partial charge on any atom is 0.226 e. The van der Waals surface area contributed by atoms with Crippen LogP contribution in [0.2, 0.25) is 0 Å². The summed E-state index contributed by atoms with van der Waals surface area (Å²) in [5.41, 5.74) is 7.13. The molecule has 5 nitrogen and oxygen atoms in total. The van der Waals surface area contributed by atoms with Gasteiger partial charge in [-0.1, -0.05) is 6.92 Å². The van der Waals surface area contributed by atoms with Crippen LogP contribution in [0.5, 0.6) is 0 Å². The molecule has 2 rings (SSSR count). The van der Waals surface area contributed by atoms with Gasteiger partial charge in [-0.15, -0.1) is 24.8 Å². The number of nitrogens with two attached hydrogens (primary N) is 1. The van der Waals surface area contributed by atoms with Crippen LogP contribution in [0.25, 0.3) is 0 Å². The van der Waals surface area contributed by atoms with Crippen molar-refractivity contribution >= 4 is 30.7 Å². The van der Waals surface area contributed by atoms with E-state index in [0.717, 1.165) is 32.5 Å². The quantitative estimate of drug-likeness (QED) is 0.906. The molecule has 2 atom stereocenters. The number of hydrogen-bond donors (Lipinski definition) is 1. The van der Waals surface area contributed by atoms with E-state index in [4.69, 9.17) is 5.73 Å². The number of aromatic nitrogens is 2. The van der Waals surface area contributed by atoms with Gasteiger partial charge in [0.25, 0.3) is 0 Å². The van der Waals surface area contributed by atoms with Crippen LogP contribution < -0.4 is 5.73 Å². The Kier molecular flexibility index (Phi) is 9.05. The summed E-state index contributed by atoms with van der Waals surface area (Å²) in [5, 5.41) is 4.34. The molecule has 2 heterocycles. The second kappa shape index (κ2) is 9.38. The molecule has 2 N–H and O–H groups in total. The maximum atomic E-state index is 12.3. The van der Waals surface area contributed by atoms with Crippen molar-refractivity contribution in [2.24, 2.45) is 11.7 Å². The van der Waals surface area contributed by atoms with Crippen LogP contribution in [0, 0.1) is 5.92 Å². The fourth-order valence-corrected chi connectivity index (χ4v) is 2.71. The lowest BCUT2D eigenvalue weighted by molar-refractivity contribution is -0.136. The van der Waals surface area contributed by atoms with Crippen LogP contribution in [0.4, 0.5) is 0 Å². The van der Waals surface area contributed by atoms with Crippen molar-refractivity contribution in [1.29, 1.82) is 0 Å². The van der Waals surface area contributed by atoms with Crippen LogP contribution in [0.3, 0.4) is 0 Å². The average molecular weight is 351 g/mol. The highest BCUT2D eigenvalue weighted by Gasteiger charge is 2.28. The van der Waals surface area contributed by atoms with Crippen molar-refractivity contribution in [3.05, 3.63) is 18.0 Å². The first kappa shape index (κ1) is 21.2. The molecule has 0 radical (unpaired) electrons. The van der Waals surface area contributed by atoms with Crippen molar-refractivity contribution in [3.8, 4) is 0 Å². The zero-order valence-corrected chi connectivity index (χ0v) is 15.2. The first-order chi connectivity index (χ1) is 9.52. The number of aryl methyl sites for hydroxylation is 1. The Morgan fingerprint density at radius 3 is 2.41 bits per heavy atom. The second-order valence-electron chi connectivity index (χ2n) is 5.88. The van der Waals surface area contributed by atoms with E-state index in [0.29, 0.717) is 5.92 Å². The summed E-state index contributed by atoms with van der Waals surface area (Å²) in [6, 6.07) is -0.0805. The Bertz CT molecular complexity index is 456. The van der Waals surface area contributed by atoms with Gasteiger partial charge in [-0.3, -0.25) is 9.48 Å². The molecule has 0 aromatic carbocycles. The summed E-state index contributed by atoms with van der Waals surface area (Å²) in [6.45, 7) is 8.48. The lowest BCUT2D eigenvalue weighted by Crippen LogP contribution is -2.45. The summed E-state index contributed by atoms with van der Waals surface area (Å²) < 4.78 is 1.96. The minimum absolute atomic E-state index is 0. The number of halogens is 2. The van der Waals surface area contributed by atoms with Gasteiger partial charge in [0.15, 0.2) is 0 Å². The van der Waals surface area contributed by atoms with Crippen LogP contribution >= 0.6 is 24.8 Å². The third-order valence-electron chi connectivity index (χ3n) is 4.43. The Balaban J connectivity index is 0.00000220. The van der Waals surface area contributed by atoms with E-state index in [1.54, 1.807) is 0 Å². The van der Waals surface area contributed by atoms with E-state index in [9.17, 15) is 4.79 Å². The molecule has 7 heteroatoms. The highest BCUT2D eigenvalue weighted by Crippen LogP contribution is 2.28. The lowest BCUT2D eigenvalue weighted by Gasteiger charge is -2.34. The SMILES string of the molecule is CCn1cc(C2CCN(C(=O)C(C)C(C)N)CC2)cn1.Cl.Cl. The Hall–Kier alpha value is -0.780. The van der Waals surface area contributed by atoms with Gasteiger partial charge in [-0.2, -0.15) is 5.10 Å². The van der Waals surface area contributed by atoms with Crippen molar-refractivity contribution in [1.82, 2.24) is 14.7 Å². The first-order valence-corrected chi connectivity index (χ1v) is 7.59. The molecule has 0 saturated carbocycles. The van der Waals surface area contributed by atoms with Gasteiger partial charge in [0, 0.05) is 31.9 Å². The van der Waals surface area contributed by atoms with E-state index in [2.05, 4.69) is 18.2 Å². The number of amides is 1. The number of nitrogens with zero attached hydrogens (tertiary/aromatic N) is 3. The summed E-state index contributed by atoms with van der Waals surface area (Å²) in [6.07, 6.45) is 6.14. The van der Waals surface area contributed by atoms with E-state index in [-0.39, 0.29) is 42.7 Å². The third-order valence-corrected chi connectivity index (χ3v) is 4.43. The second-order valence-corrected chi connectivity index (χ2v) is 5.88. The smallest absolute Gasteiger partial charge is 0.226 e. The van der Waals surface area contributed by atoms with Gasteiger partial charge in [0.05, 0.1) is 12.1 Å². The Labute approximate surface area is 145 Å². The number of carbonyl (C=O) groups is 1. The summed E-state index contributed by atoms with van der Waals surface area (Å²) in [7, 11) is 0. The number of piperidine rings is 1. The summed E-state index contributed by atoms with van der Waals surface area (Å²) in [4.78, 5) is 14.2. The molecule has 1 aliphatic heterocycles. The normalized spacial score (nSPS) is 18.1. The Morgan fingerprint density at radius 1 is 1.36 bits per heavy atom. The number of carbonyl (C=O) groups excluding carboxylic acids is 1. The maximum absolute atomic E-state index is 12.3. The number of rotatable bonds is 4. The van der Waals surface area contributed by atoms with Gasteiger partial charge in [-0.05, 0) is 38.2 Å². The van der Waals surface area contributed by atoms with Crippen molar-refractivity contribution < 1.29 is 4.79 Å². The number of hydrogen-bond acceptors (Lipinski definition) is 3. The molecule has 128 valence electrons. The van der Waals surface area contributed by atoms with Gasteiger partial charge in [-0.25, -0.2) is 0 Å². The standard InChI is InChI=1S/C15H26N4O.2ClH/c1-4-19-10-14(9-17-19)13-5-7-18(8-6-13)15(20)11(2)12(3)16;;/h9-13H,4-8,16H2,1-3H3;2*1H. The first-order valence-electron chi connectivity index (χ1n) is 7.59. The minimum Gasteiger partial charge on any atom is -0.342 e. The highest BCUT2D eigenvalue weighted by atomic mass is 35.5. The fourth-order valence-electron chi connectivity index (χ4n) is 2.71. The van der Waals surface area contributed by atoms with Gasteiger partial charge >= 0.3 is 0 Å². The molecule has 2 unspecified atom stereocenters. The molecule has 1 saturated heterocycles. The van der Waals surface area contributed by atoms with E-state index < -0.39 is 0 Å². The molecule has 22 heavy (non-hydrogen) atoms. The van der Waals surface area contributed by atoms with Crippen molar-refractivity contribution in [3.63, 3.8) is 0 Å². The van der Waals surface area contributed by atoms with Crippen LogP contribution in [0.15, 0.2) is 12.4 Å². The summed E-state index contributed by atoms with van der Waals surface area (Å²) in [5.74, 6) is 0.641. The molecular formula is C15H28Cl2N4O. The zero-order chi connectivity index (χ0) is 14.7. The minimum atomic E-state index is -0.0885. The van der Waals surface area contributed by atoms with Crippen molar-refractivity contribution in [2.75, 3.05) is 13.1 Å². The van der Waals surface area contributed by atoms with Crippen LogP contribution in [0.1, 0.15) is 45.1 Å². The molecule has 1 aliphatic rings. The molecular weight excluding hydrogens is 323 g/mol.